The van der Waals surface area contributed by atoms with Crippen LogP contribution in [0.5, 0.6) is 0 Å². The summed E-state index contributed by atoms with van der Waals surface area (Å²) in [6, 6.07) is 1.63. The molecule has 1 heterocycles. The molecule has 1 aromatic rings. The second-order valence-electron chi connectivity index (χ2n) is 3.24. The third kappa shape index (κ3) is 2.71. The molecule has 0 atom stereocenters. The molecule has 16 heavy (non-hydrogen) atoms. The number of carboxylic acid groups (broad SMARTS) is 1. The Morgan fingerprint density at radius 2 is 2.06 bits per heavy atom. The molecule has 0 aliphatic heterocycles. The van der Waals surface area contributed by atoms with Crippen molar-refractivity contribution in [2.45, 2.75) is 25.9 Å². The monoisotopic (exact) mass is 233 g/mol. The Morgan fingerprint density at radius 1 is 1.44 bits per heavy atom. The van der Waals surface area contributed by atoms with Crippen LogP contribution in [0.2, 0.25) is 0 Å². The van der Waals surface area contributed by atoms with Gasteiger partial charge in [-0.05, 0) is 18.6 Å². The molecule has 0 aliphatic carbocycles. The maximum atomic E-state index is 12.3. The fraction of sp³-hybridized carbons (Fsp3) is 0.400. The van der Waals surface area contributed by atoms with Crippen molar-refractivity contribution in [1.29, 1.82) is 0 Å². The van der Waals surface area contributed by atoms with Crippen LogP contribution in [0.3, 0.4) is 0 Å². The van der Waals surface area contributed by atoms with Gasteiger partial charge >= 0.3 is 12.1 Å². The zero-order valence-electron chi connectivity index (χ0n) is 8.51. The summed E-state index contributed by atoms with van der Waals surface area (Å²) < 4.78 is 37.0. The van der Waals surface area contributed by atoms with Crippen molar-refractivity contribution in [3.8, 4) is 0 Å². The second kappa shape index (κ2) is 4.51. The Kier molecular flexibility index (Phi) is 3.51. The van der Waals surface area contributed by atoms with E-state index in [0.29, 0.717) is 12.5 Å². The maximum absolute atomic E-state index is 12.3. The number of alkyl halides is 3. The van der Waals surface area contributed by atoms with E-state index in [1.807, 2.05) is 0 Å². The Morgan fingerprint density at radius 3 is 2.50 bits per heavy atom. The summed E-state index contributed by atoms with van der Waals surface area (Å²) in [4.78, 5) is 14.1. The number of carboxylic acids is 1. The fourth-order valence-corrected chi connectivity index (χ4v) is 1.28. The minimum Gasteiger partial charge on any atom is -0.478 e. The second-order valence-corrected chi connectivity index (χ2v) is 3.24. The SMILES string of the molecule is CCCc1nc(C(F)(F)F)ccc1C(=O)O. The van der Waals surface area contributed by atoms with E-state index in [1.54, 1.807) is 6.92 Å². The molecule has 0 fully saturated rings. The van der Waals surface area contributed by atoms with Gasteiger partial charge in [0.1, 0.15) is 5.69 Å². The third-order valence-electron chi connectivity index (χ3n) is 1.98. The van der Waals surface area contributed by atoms with Crippen LogP contribution in [0, 0.1) is 0 Å². The summed E-state index contributed by atoms with van der Waals surface area (Å²) in [5.41, 5.74) is -1.25. The number of aromatic nitrogens is 1. The molecular weight excluding hydrogens is 223 g/mol. The number of rotatable bonds is 3. The molecule has 3 nitrogen and oxygen atoms in total. The molecule has 0 spiro atoms. The van der Waals surface area contributed by atoms with Gasteiger partial charge in [0.25, 0.3) is 0 Å². The van der Waals surface area contributed by atoms with E-state index in [1.165, 1.54) is 0 Å². The molecule has 1 rings (SSSR count). The van der Waals surface area contributed by atoms with Crippen molar-refractivity contribution >= 4 is 5.97 Å². The van der Waals surface area contributed by atoms with E-state index in [4.69, 9.17) is 5.11 Å². The lowest BCUT2D eigenvalue weighted by Crippen LogP contribution is -2.13. The standard InChI is InChI=1S/C10H10F3NO2/c1-2-3-7-6(9(15)16)4-5-8(14-7)10(11,12)13/h4-5H,2-3H2,1H3,(H,15,16). The molecule has 1 N–H and O–H groups in total. The quantitative estimate of drug-likeness (QED) is 0.873. The van der Waals surface area contributed by atoms with Crippen LogP contribution in [0.4, 0.5) is 13.2 Å². The Bertz CT molecular complexity index is 402. The average Bonchev–Trinajstić information content (AvgIpc) is 2.16. The lowest BCUT2D eigenvalue weighted by Gasteiger charge is -2.09. The number of halogens is 3. The summed E-state index contributed by atoms with van der Waals surface area (Å²) in [7, 11) is 0. The first-order chi connectivity index (χ1) is 7.36. The minimum absolute atomic E-state index is 0.0233. The predicted molar refractivity (Wildman–Crippen MR) is 50.2 cm³/mol. The normalized spacial score (nSPS) is 11.5. The van der Waals surface area contributed by atoms with Gasteiger partial charge in [-0.2, -0.15) is 13.2 Å². The van der Waals surface area contributed by atoms with E-state index in [0.717, 1.165) is 6.07 Å². The first-order valence-electron chi connectivity index (χ1n) is 4.66. The number of hydrogen-bond donors (Lipinski definition) is 1. The van der Waals surface area contributed by atoms with Crippen LogP contribution in [0.25, 0.3) is 0 Å². The van der Waals surface area contributed by atoms with Crippen molar-refractivity contribution in [3.63, 3.8) is 0 Å². The minimum atomic E-state index is -4.54. The van der Waals surface area contributed by atoms with E-state index >= 15 is 0 Å². The zero-order chi connectivity index (χ0) is 12.3. The number of nitrogens with zero attached hydrogens (tertiary/aromatic N) is 1. The first-order valence-corrected chi connectivity index (χ1v) is 4.66. The molecule has 0 aromatic carbocycles. The van der Waals surface area contributed by atoms with Crippen LogP contribution in [-0.2, 0) is 12.6 Å². The van der Waals surface area contributed by atoms with Gasteiger partial charge in [-0.3, -0.25) is 0 Å². The smallest absolute Gasteiger partial charge is 0.433 e. The van der Waals surface area contributed by atoms with E-state index in [9.17, 15) is 18.0 Å². The van der Waals surface area contributed by atoms with Gasteiger partial charge in [0.05, 0.1) is 11.3 Å². The highest BCUT2D eigenvalue weighted by molar-refractivity contribution is 5.88. The lowest BCUT2D eigenvalue weighted by molar-refractivity contribution is -0.141. The molecule has 88 valence electrons. The van der Waals surface area contributed by atoms with Crippen LogP contribution >= 0.6 is 0 Å². The van der Waals surface area contributed by atoms with Gasteiger partial charge in [-0.25, -0.2) is 9.78 Å². The molecule has 0 radical (unpaired) electrons. The largest absolute Gasteiger partial charge is 0.478 e. The zero-order valence-corrected chi connectivity index (χ0v) is 8.51. The van der Waals surface area contributed by atoms with Crippen LogP contribution < -0.4 is 0 Å². The maximum Gasteiger partial charge on any atom is 0.433 e. The third-order valence-corrected chi connectivity index (χ3v) is 1.98. The number of aryl methyl sites for hydroxylation is 1. The van der Waals surface area contributed by atoms with Crippen molar-refractivity contribution in [2.75, 3.05) is 0 Å². The highest BCUT2D eigenvalue weighted by Gasteiger charge is 2.33. The number of aromatic carboxylic acids is 1. The van der Waals surface area contributed by atoms with Gasteiger partial charge in [-0.15, -0.1) is 0 Å². The lowest BCUT2D eigenvalue weighted by atomic mass is 10.1. The van der Waals surface area contributed by atoms with E-state index in [2.05, 4.69) is 4.98 Å². The van der Waals surface area contributed by atoms with Crippen molar-refractivity contribution in [3.05, 3.63) is 29.1 Å². The molecule has 0 saturated carbocycles. The molecular formula is C10H10F3NO2. The van der Waals surface area contributed by atoms with Crippen LogP contribution in [0.15, 0.2) is 12.1 Å². The first kappa shape index (κ1) is 12.5. The summed E-state index contributed by atoms with van der Waals surface area (Å²) in [6.07, 6.45) is -3.79. The van der Waals surface area contributed by atoms with Gasteiger partial charge in [0.15, 0.2) is 0 Å². The fourth-order valence-electron chi connectivity index (χ4n) is 1.28. The molecule has 0 amide bonds. The van der Waals surface area contributed by atoms with Gasteiger partial charge < -0.3 is 5.11 Å². The Balaban J connectivity index is 3.22. The summed E-state index contributed by atoms with van der Waals surface area (Å²) in [6.45, 7) is 1.74. The van der Waals surface area contributed by atoms with E-state index in [-0.39, 0.29) is 17.7 Å². The van der Waals surface area contributed by atoms with Crippen molar-refractivity contribution < 1.29 is 23.1 Å². The summed E-state index contributed by atoms with van der Waals surface area (Å²) in [5.74, 6) is -1.26. The highest BCUT2D eigenvalue weighted by Crippen LogP contribution is 2.28. The average molecular weight is 233 g/mol. The number of carbonyl (C=O) groups is 1. The molecule has 6 heteroatoms. The Hall–Kier alpha value is -1.59. The van der Waals surface area contributed by atoms with E-state index < -0.39 is 17.8 Å². The topological polar surface area (TPSA) is 50.2 Å². The molecule has 0 bridgehead atoms. The summed E-state index contributed by atoms with van der Waals surface area (Å²) >= 11 is 0. The van der Waals surface area contributed by atoms with Gasteiger partial charge in [0.2, 0.25) is 0 Å². The van der Waals surface area contributed by atoms with Crippen LogP contribution in [0.1, 0.15) is 35.1 Å². The Labute approximate surface area is 89.9 Å². The predicted octanol–water partition coefficient (Wildman–Crippen LogP) is 2.75. The van der Waals surface area contributed by atoms with Crippen LogP contribution in [-0.4, -0.2) is 16.1 Å². The molecule has 0 aliphatic rings. The molecule has 0 unspecified atom stereocenters. The van der Waals surface area contributed by atoms with Crippen molar-refractivity contribution in [2.24, 2.45) is 0 Å². The number of pyridine rings is 1. The summed E-state index contributed by atoms with van der Waals surface area (Å²) in [5, 5.41) is 8.76. The van der Waals surface area contributed by atoms with Gasteiger partial charge in [0, 0.05) is 0 Å². The molecule has 0 saturated heterocycles. The van der Waals surface area contributed by atoms with Crippen molar-refractivity contribution in [1.82, 2.24) is 4.98 Å². The number of hydrogen-bond acceptors (Lipinski definition) is 2. The highest BCUT2D eigenvalue weighted by atomic mass is 19.4. The molecule has 1 aromatic heterocycles. The van der Waals surface area contributed by atoms with Gasteiger partial charge in [-0.1, -0.05) is 13.3 Å².